The van der Waals surface area contributed by atoms with Crippen LogP contribution in [0.4, 0.5) is 5.69 Å². The third-order valence-electron chi connectivity index (χ3n) is 2.20. The number of carbonyl (C=O) groups is 1. The zero-order chi connectivity index (χ0) is 11.3. The lowest BCUT2D eigenvalue weighted by Gasteiger charge is -2.15. The molecule has 1 aromatic rings. The van der Waals surface area contributed by atoms with Gasteiger partial charge in [-0.25, -0.2) is 4.98 Å². The number of rotatable bonds is 4. The molecule has 1 heterocycles. The number of nitrogens with two attached hydrogens (primary N) is 1. The van der Waals surface area contributed by atoms with Crippen LogP contribution in [0.5, 0.6) is 0 Å². The Kier molecular flexibility index (Phi) is 4.09. The second-order valence-corrected chi connectivity index (χ2v) is 3.56. The Morgan fingerprint density at radius 2 is 2.27 bits per heavy atom. The van der Waals surface area contributed by atoms with E-state index in [9.17, 15) is 4.79 Å². The van der Waals surface area contributed by atoms with Gasteiger partial charge in [-0.15, -0.1) is 0 Å². The van der Waals surface area contributed by atoms with Crippen LogP contribution in [0.25, 0.3) is 0 Å². The number of pyridine rings is 1. The molecule has 0 atom stereocenters. The highest BCUT2D eigenvalue weighted by molar-refractivity contribution is 5.92. The van der Waals surface area contributed by atoms with E-state index in [1.165, 1.54) is 6.20 Å². The maximum Gasteiger partial charge on any atom is 0.272 e. The molecule has 0 saturated carbocycles. The van der Waals surface area contributed by atoms with Crippen molar-refractivity contribution in [2.24, 2.45) is 0 Å². The normalized spacial score (nSPS) is 10.0. The third-order valence-corrected chi connectivity index (χ3v) is 2.20. The van der Waals surface area contributed by atoms with Crippen molar-refractivity contribution in [1.29, 1.82) is 0 Å². The molecule has 0 unspecified atom stereocenters. The molecule has 4 nitrogen and oxygen atoms in total. The summed E-state index contributed by atoms with van der Waals surface area (Å²) in [6.07, 6.45) is 3.59. The molecule has 2 N–H and O–H groups in total. The minimum atomic E-state index is -0.0524. The van der Waals surface area contributed by atoms with E-state index in [-0.39, 0.29) is 5.91 Å². The lowest BCUT2D eigenvalue weighted by molar-refractivity contribution is 0.0787. The van der Waals surface area contributed by atoms with Crippen molar-refractivity contribution < 1.29 is 4.79 Å². The minimum Gasteiger partial charge on any atom is -0.397 e. The quantitative estimate of drug-likeness (QED) is 0.814. The van der Waals surface area contributed by atoms with E-state index in [1.54, 1.807) is 24.1 Å². The summed E-state index contributed by atoms with van der Waals surface area (Å²) in [5, 5.41) is 0. The van der Waals surface area contributed by atoms with Crippen LogP contribution in [0.1, 0.15) is 30.3 Å². The Hall–Kier alpha value is -1.58. The summed E-state index contributed by atoms with van der Waals surface area (Å²) < 4.78 is 0. The van der Waals surface area contributed by atoms with Crippen LogP contribution in [0.2, 0.25) is 0 Å². The summed E-state index contributed by atoms with van der Waals surface area (Å²) in [6.45, 7) is 2.86. The standard InChI is InChI=1S/C11H17N3O/c1-3-4-7-14(2)11(15)10-6-5-9(12)8-13-10/h5-6,8H,3-4,7,12H2,1-2H3. The van der Waals surface area contributed by atoms with Crippen molar-refractivity contribution in [2.45, 2.75) is 19.8 Å². The average Bonchev–Trinajstić information content (AvgIpc) is 2.26. The van der Waals surface area contributed by atoms with Gasteiger partial charge in [0.25, 0.3) is 5.91 Å². The predicted octanol–water partition coefficient (Wildman–Crippen LogP) is 1.54. The number of aromatic nitrogens is 1. The molecule has 1 aromatic heterocycles. The van der Waals surface area contributed by atoms with Gasteiger partial charge in [0.05, 0.1) is 11.9 Å². The molecule has 1 amide bonds. The number of amides is 1. The Morgan fingerprint density at radius 3 is 2.80 bits per heavy atom. The molecular weight excluding hydrogens is 190 g/mol. The Labute approximate surface area is 90.1 Å². The van der Waals surface area contributed by atoms with Gasteiger partial charge in [-0.05, 0) is 18.6 Å². The summed E-state index contributed by atoms with van der Waals surface area (Å²) >= 11 is 0. The zero-order valence-electron chi connectivity index (χ0n) is 9.23. The Bertz CT molecular complexity index is 321. The summed E-state index contributed by atoms with van der Waals surface area (Å²) in [5.74, 6) is -0.0524. The maximum absolute atomic E-state index is 11.8. The number of hydrogen-bond acceptors (Lipinski definition) is 3. The van der Waals surface area contributed by atoms with Crippen LogP contribution >= 0.6 is 0 Å². The monoisotopic (exact) mass is 207 g/mol. The molecule has 0 aliphatic heterocycles. The highest BCUT2D eigenvalue weighted by Gasteiger charge is 2.11. The predicted molar refractivity (Wildman–Crippen MR) is 60.5 cm³/mol. The van der Waals surface area contributed by atoms with Crippen molar-refractivity contribution in [3.8, 4) is 0 Å². The molecule has 0 aliphatic rings. The second-order valence-electron chi connectivity index (χ2n) is 3.56. The topological polar surface area (TPSA) is 59.2 Å². The first-order chi connectivity index (χ1) is 7.15. The molecule has 4 heteroatoms. The van der Waals surface area contributed by atoms with Gasteiger partial charge in [0.1, 0.15) is 5.69 Å². The fraction of sp³-hybridized carbons (Fsp3) is 0.455. The van der Waals surface area contributed by atoms with Crippen LogP contribution in [-0.4, -0.2) is 29.4 Å². The van der Waals surface area contributed by atoms with Gasteiger partial charge in [0, 0.05) is 13.6 Å². The second kappa shape index (κ2) is 5.34. The first kappa shape index (κ1) is 11.5. The van der Waals surface area contributed by atoms with E-state index < -0.39 is 0 Å². The van der Waals surface area contributed by atoms with Crippen molar-refractivity contribution in [2.75, 3.05) is 19.3 Å². The van der Waals surface area contributed by atoms with E-state index in [4.69, 9.17) is 5.73 Å². The lowest BCUT2D eigenvalue weighted by Crippen LogP contribution is -2.28. The summed E-state index contributed by atoms with van der Waals surface area (Å²) in [4.78, 5) is 17.5. The smallest absolute Gasteiger partial charge is 0.272 e. The van der Waals surface area contributed by atoms with Crippen LogP contribution in [0, 0.1) is 0 Å². The van der Waals surface area contributed by atoms with Crippen molar-refractivity contribution in [1.82, 2.24) is 9.88 Å². The molecule has 0 aromatic carbocycles. The lowest BCUT2D eigenvalue weighted by atomic mass is 10.3. The molecule has 1 rings (SSSR count). The minimum absolute atomic E-state index is 0.0524. The average molecular weight is 207 g/mol. The van der Waals surface area contributed by atoms with Crippen LogP contribution in [0.3, 0.4) is 0 Å². The Morgan fingerprint density at radius 1 is 1.53 bits per heavy atom. The van der Waals surface area contributed by atoms with Crippen LogP contribution in [0.15, 0.2) is 18.3 Å². The van der Waals surface area contributed by atoms with E-state index in [0.717, 1.165) is 19.4 Å². The van der Waals surface area contributed by atoms with Gasteiger partial charge in [-0.3, -0.25) is 4.79 Å². The van der Waals surface area contributed by atoms with Crippen molar-refractivity contribution in [3.63, 3.8) is 0 Å². The van der Waals surface area contributed by atoms with E-state index >= 15 is 0 Å². The Balaban J connectivity index is 2.63. The third kappa shape index (κ3) is 3.23. The summed E-state index contributed by atoms with van der Waals surface area (Å²) in [5.41, 5.74) is 6.51. The summed E-state index contributed by atoms with van der Waals surface area (Å²) in [6, 6.07) is 3.34. The van der Waals surface area contributed by atoms with E-state index in [2.05, 4.69) is 11.9 Å². The van der Waals surface area contributed by atoms with Gasteiger partial charge < -0.3 is 10.6 Å². The highest BCUT2D eigenvalue weighted by Crippen LogP contribution is 2.04. The number of nitrogen functional groups attached to an aromatic ring is 1. The first-order valence-electron chi connectivity index (χ1n) is 5.12. The zero-order valence-corrected chi connectivity index (χ0v) is 9.23. The molecule has 82 valence electrons. The number of carbonyl (C=O) groups excluding carboxylic acids is 1. The molecule has 0 aliphatic carbocycles. The molecule has 0 fully saturated rings. The molecule has 15 heavy (non-hydrogen) atoms. The largest absolute Gasteiger partial charge is 0.397 e. The fourth-order valence-corrected chi connectivity index (χ4v) is 1.22. The first-order valence-corrected chi connectivity index (χ1v) is 5.12. The number of nitrogens with zero attached hydrogens (tertiary/aromatic N) is 2. The van der Waals surface area contributed by atoms with E-state index in [0.29, 0.717) is 11.4 Å². The molecule has 0 saturated heterocycles. The van der Waals surface area contributed by atoms with Crippen LogP contribution in [-0.2, 0) is 0 Å². The van der Waals surface area contributed by atoms with Gasteiger partial charge in [0.2, 0.25) is 0 Å². The van der Waals surface area contributed by atoms with Crippen LogP contribution < -0.4 is 5.73 Å². The summed E-state index contributed by atoms with van der Waals surface area (Å²) in [7, 11) is 1.79. The SMILES string of the molecule is CCCCN(C)C(=O)c1ccc(N)cn1. The fourth-order valence-electron chi connectivity index (χ4n) is 1.22. The molecule has 0 bridgehead atoms. The van der Waals surface area contributed by atoms with Crippen molar-refractivity contribution >= 4 is 11.6 Å². The maximum atomic E-state index is 11.8. The number of unbranched alkanes of at least 4 members (excludes halogenated alkanes) is 1. The number of anilines is 1. The van der Waals surface area contributed by atoms with Gasteiger partial charge in [-0.2, -0.15) is 0 Å². The van der Waals surface area contributed by atoms with Gasteiger partial charge in [0.15, 0.2) is 0 Å². The van der Waals surface area contributed by atoms with Gasteiger partial charge >= 0.3 is 0 Å². The molecule has 0 spiro atoms. The number of hydrogen-bond donors (Lipinski definition) is 1. The van der Waals surface area contributed by atoms with E-state index in [1.807, 2.05) is 0 Å². The highest BCUT2D eigenvalue weighted by atomic mass is 16.2. The molecule has 0 radical (unpaired) electrons. The van der Waals surface area contributed by atoms with Gasteiger partial charge in [-0.1, -0.05) is 13.3 Å². The van der Waals surface area contributed by atoms with Crippen molar-refractivity contribution in [3.05, 3.63) is 24.0 Å². The molecular formula is C11H17N3O.